The van der Waals surface area contributed by atoms with Crippen LogP contribution in [0.5, 0.6) is 0 Å². The maximum Gasteiger partial charge on any atom is 0.266 e. The topological polar surface area (TPSA) is 117 Å². The molecule has 7 nitrogen and oxygen atoms in total. The summed E-state index contributed by atoms with van der Waals surface area (Å²) in [7, 11) is 0. The third-order valence-electron chi connectivity index (χ3n) is 2.60. The molecule has 0 unspecified atom stereocenters. The van der Waals surface area contributed by atoms with Gasteiger partial charge in [-0.3, -0.25) is 4.79 Å². The summed E-state index contributed by atoms with van der Waals surface area (Å²) in [6, 6.07) is 1.81. The van der Waals surface area contributed by atoms with Gasteiger partial charge in [-0.25, -0.2) is 0 Å². The molecule has 114 valence electrons. The number of amides is 1. The molecule has 0 atom stereocenters. The van der Waals surface area contributed by atoms with E-state index in [1.807, 2.05) is 0 Å². The van der Waals surface area contributed by atoms with Crippen LogP contribution in [0.4, 0.5) is 0 Å². The van der Waals surface area contributed by atoms with Crippen LogP contribution in [0, 0.1) is 11.3 Å². The van der Waals surface area contributed by atoms with Crippen LogP contribution in [0.3, 0.4) is 0 Å². The van der Waals surface area contributed by atoms with Crippen LogP contribution in [0.25, 0.3) is 0 Å². The van der Waals surface area contributed by atoms with Gasteiger partial charge in [-0.15, -0.1) is 0 Å². The van der Waals surface area contributed by atoms with Crippen molar-refractivity contribution in [3.63, 3.8) is 0 Å². The molecule has 4 N–H and O–H groups in total. The number of carbonyl (C=O) groups is 1. The number of aliphatic hydroxyl groups excluding tert-OH is 3. The van der Waals surface area contributed by atoms with E-state index in [9.17, 15) is 4.79 Å². The van der Waals surface area contributed by atoms with E-state index in [2.05, 4.69) is 5.32 Å². The Morgan fingerprint density at radius 2 is 1.75 bits per heavy atom. The van der Waals surface area contributed by atoms with Gasteiger partial charge in [0.2, 0.25) is 0 Å². The Labute approximate surface area is 119 Å². The lowest BCUT2D eigenvalue weighted by molar-refractivity contribution is -0.127. The molecule has 0 aromatic rings. The fourth-order valence-electron chi connectivity index (χ4n) is 1.56. The van der Waals surface area contributed by atoms with Crippen molar-refractivity contribution in [1.82, 2.24) is 10.2 Å². The zero-order valence-corrected chi connectivity index (χ0v) is 11.6. The highest BCUT2D eigenvalue weighted by Gasteiger charge is 2.17. The smallest absolute Gasteiger partial charge is 0.266 e. The molecule has 1 amide bonds. The normalized spacial score (nSPS) is 11.0. The van der Waals surface area contributed by atoms with E-state index in [0.717, 1.165) is 19.3 Å². The third kappa shape index (κ3) is 7.74. The molecule has 7 heteroatoms. The number of unbranched alkanes of at least 4 members (excludes halogenated alkanes) is 2. The van der Waals surface area contributed by atoms with Crippen molar-refractivity contribution in [2.24, 2.45) is 0 Å². The lowest BCUT2D eigenvalue weighted by Crippen LogP contribution is -2.37. The predicted molar refractivity (Wildman–Crippen MR) is 73.4 cm³/mol. The van der Waals surface area contributed by atoms with Crippen molar-refractivity contribution in [1.29, 1.82) is 5.26 Å². The molecule has 0 saturated heterocycles. The third-order valence-corrected chi connectivity index (χ3v) is 2.60. The summed E-state index contributed by atoms with van der Waals surface area (Å²) >= 11 is 0. The first kappa shape index (κ1) is 18.4. The second-order valence-corrected chi connectivity index (χ2v) is 4.15. The lowest BCUT2D eigenvalue weighted by Gasteiger charge is -2.20. The highest BCUT2D eigenvalue weighted by atomic mass is 16.3. The molecule has 0 bridgehead atoms. The Morgan fingerprint density at radius 1 is 1.10 bits per heavy atom. The van der Waals surface area contributed by atoms with E-state index in [-0.39, 0.29) is 38.5 Å². The Kier molecular flexibility index (Phi) is 11.4. The number of nitrogens with zero attached hydrogens (tertiary/aromatic N) is 2. The minimum absolute atomic E-state index is 0.0611. The average Bonchev–Trinajstić information content (AvgIpc) is 2.46. The van der Waals surface area contributed by atoms with Gasteiger partial charge in [0.1, 0.15) is 11.6 Å². The molecule has 0 aliphatic rings. The fourth-order valence-corrected chi connectivity index (χ4v) is 1.56. The zero-order chi connectivity index (χ0) is 15.2. The van der Waals surface area contributed by atoms with E-state index in [4.69, 9.17) is 20.6 Å². The van der Waals surface area contributed by atoms with Crippen molar-refractivity contribution in [2.45, 2.75) is 19.3 Å². The molecule has 20 heavy (non-hydrogen) atoms. The summed E-state index contributed by atoms with van der Waals surface area (Å²) in [6.45, 7) is 0.482. The first-order valence-corrected chi connectivity index (χ1v) is 6.66. The van der Waals surface area contributed by atoms with Crippen LogP contribution in [-0.4, -0.2) is 65.6 Å². The zero-order valence-electron chi connectivity index (χ0n) is 11.6. The molecular formula is C13H23N3O4. The van der Waals surface area contributed by atoms with Gasteiger partial charge < -0.3 is 25.5 Å². The first-order chi connectivity index (χ1) is 9.71. The van der Waals surface area contributed by atoms with Crippen LogP contribution < -0.4 is 5.32 Å². The molecule has 0 rings (SSSR count). The average molecular weight is 285 g/mol. The minimum atomic E-state index is -0.515. The monoisotopic (exact) mass is 285 g/mol. The maximum absolute atomic E-state index is 12.0. The highest BCUT2D eigenvalue weighted by Crippen LogP contribution is 2.00. The van der Waals surface area contributed by atoms with Crippen LogP contribution in [0.1, 0.15) is 19.3 Å². The minimum Gasteiger partial charge on any atom is -0.396 e. The SMILES string of the molecule is N#C/C(=C/NCCCCCO)C(=O)N(CCO)CCO. The summed E-state index contributed by atoms with van der Waals surface area (Å²) < 4.78 is 0. The van der Waals surface area contributed by atoms with E-state index in [1.165, 1.54) is 11.1 Å². The van der Waals surface area contributed by atoms with Crippen molar-refractivity contribution in [3.8, 4) is 6.07 Å². The number of hydrogen-bond donors (Lipinski definition) is 4. The molecular weight excluding hydrogens is 262 g/mol. The molecule has 0 saturated carbocycles. The van der Waals surface area contributed by atoms with Gasteiger partial charge in [0.25, 0.3) is 5.91 Å². The molecule has 0 aliphatic heterocycles. The molecule has 0 radical (unpaired) electrons. The van der Waals surface area contributed by atoms with E-state index in [0.29, 0.717) is 6.54 Å². The Bertz CT molecular complexity index is 333. The van der Waals surface area contributed by atoms with Crippen LogP contribution in [-0.2, 0) is 4.79 Å². The molecule has 0 aliphatic carbocycles. The summed E-state index contributed by atoms with van der Waals surface area (Å²) in [5.41, 5.74) is -0.0611. The van der Waals surface area contributed by atoms with E-state index >= 15 is 0 Å². The number of nitrogens with one attached hydrogen (secondary N) is 1. The highest BCUT2D eigenvalue weighted by molar-refractivity contribution is 5.97. The second-order valence-electron chi connectivity index (χ2n) is 4.15. The largest absolute Gasteiger partial charge is 0.396 e. The van der Waals surface area contributed by atoms with Gasteiger partial charge in [-0.1, -0.05) is 0 Å². The van der Waals surface area contributed by atoms with Crippen LogP contribution in [0.15, 0.2) is 11.8 Å². The molecule has 0 spiro atoms. The van der Waals surface area contributed by atoms with Crippen LogP contribution in [0.2, 0.25) is 0 Å². The van der Waals surface area contributed by atoms with E-state index in [1.54, 1.807) is 6.07 Å². The quantitative estimate of drug-likeness (QED) is 0.219. The Morgan fingerprint density at radius 3 is 2.25 bits per heavy atom. The maximum atomic E-state index is 12.0. The summed E-state index contributed by atoms with van der Waals surface area (Å²) in [4.78, 5) is 13.2. The second kappa shape index (κ2) is 12.4. The van der Waals surface area contributed by atoms with Gasteiger partial charge in [-0.2, -0.15) is 5.26 Å². The van der Waals surface area contributed by atoms with Crippen molar-refractivity contribution >= 4 is 5.91 Å². The van der Waals surface area contributed by atoms with Gasteiger partial charge >= 0.3 is 0 Å². The van der Waals surface area contributed by atoms with Gasteiger partial charge in [-0.05, 0) is 19.3 Å². The standard InChI is InChI=1S/C13H23N3O4/c14-10-12(11-15-4-2-1-3-7-17)13(20)16(5-8-18)6-9-19/h11,15,17-19H,1-9H2/b12-11-. The van der Waals surface area contributed by atoms with Crippen LogP contribution >= 0.6 is 0 Å². The number of aliphatic hydroxyl groups is 3. The lowest BCUT2D eigenvalue weighted by atomic mass is 10.2. The van der Waals surface area contributed by atoms with Gasteiger partial charge in [0, 0.05) is 32.4 Å². The summed E-state index contributed by atoms with van der Waals surface area (Å²) in [5, 5.41) is 38.2. The number of rotatable bonds is 11. The fraction of sp³-hybridized carbons (Fsp3) is 0.692. The van der Waals surface area contributed by atoms with Crippen molar-refractivity contribution in [3.05, 3.63) is 11.8 Å². The number of hydrogen-bond acceptors (Lipinski definition) is 6. The van der Waals surface area contributed by atoms with Gasteiger partial charge in [0.15, 0.2) is 0 Å². The number of carbonyl (C=O) groups excluding carboxylic acids is 1. The molecule has 0 fully saturated rings. The Balaban J connectivity index is 4.33. The van der Waals surface area contributed by atoms with E-state index < -0.39 is 5.91 Å². The molecule has 0 heterocycles. The Hall–Kier alpha value is -1.62. The predicted octanol–water partition coefficient (Wildman–Crippen LogP) is -1.04. The molecule has 0 aromatic carbocycles. The molecule has 0 aromatic heterocycles. The summed E-state index contributed by atoms with van der Waals surface area (Å²) in [5.74, 6) is -0.515. The van der Waals surface area contributed by atoms with Crippen molar-refractivity contribution in [2.75, 3.05) is 39.5 Å². The summed E-state index contributed by atoms with van der Waals surface area (Å²) in [6.07, 6.45) is 3.79. The first-order valence-electron chi connectivity index (χ1n) is 6.66. The van der Waals surface area contributed by atoms with Gasteiger partial charge in [0.05, 0.1) is 13.2 Å². The van der Waals surface area contributed by atoms with Crippen molar-refractivity contribution < 1.29 is 20.1 Å². The number of nitriles is 1.